The third kappa shape index (κ3) is 7.56. The fourth-order valence-electron chi connectivity index (χ4n) is 5.63. The first-order valence-electron chi connectivity index (χ1n) is 14.3. The van der Waals surface area contributed by atoms with Crippen LogP contribution in [0.4, 0.5) is 18.9 Å². The van der Waals surface area contributed by atoms with E-state index in [1.54, 1.807) is 0 Å². The topological polar surface area (TPSA) is 116 Å². The van der Waals surface area contributed by atoms with Gasteiger partial charge in [-0.25, -0.2) is 4.79 Å². The minimum atomic E-state index is -4.76. The first kappa shape index (κ1) is 32.9. The van der Waals surface area contributed by atoms with E-state index in [0.717, 1.165) is 18.9 Å². The summed E-state index contributed by atoms with van der Waals surface area (Å²) >= 11 is 0. The highest BCUT2D eigenvalue weighted by Gasteiger charge is 2.37. The predicted molar refractivity (Wildman–Crippen MR) is 155 cm³/mol. The minimum Gasteiger partial charge on any atom is -0.478 e. The molecule has 44 heavy (non-hydrogen) atoms. The Balaban J connectivity index is 1.75. The molecule has 238 valence electrons. The molecule has 0 atom stereocenters. The van der Waals surface area contributed by atoms with E-state index in [4.69, 9.17) is 14.2 Å². The van der Waals surface area contributed by atoms with Crippen molar-refractivity contribution in [1.29, 1.82) is 0 Å². The maximum absolute atomic E-state index is 14.1. The monoisotopic (exact) mass is 618 g/mol. The highest BCUT2D eigenvalue weighted by Crippen LogP contribution is 2.42. The average molecular weight is 619 g/mol. The van der Waals surface area contributed by atoms with Crippen LogP contribution in [0, 0.1) is 18.8 Å². The number of methoxy groups -OCH3 is 2. The number of benzene rings is 2. The second-order valence-corrected chi connectivity index (χ2v) is 11.1. The van der Waals surface area contributed by atoms with Crippen LogP contribution in [0.15, 0.2) is 42.7 Å². The van der Waals surface area contributed by atoms with E-state index in [0.29, 0.717) is 24.3 Å². The van der Waals surface area contributed by atoms with Gasteiger partial charge in [-0.3, -0.25) is 4.79 Å². The predicted octanol–water partition coefficient (Wildman–Crippen LogP) is 5.96. The number of ether oxygens (including phenoxy) is 3. The fraction of sp³-hybridized carbons (Fsp3) is 0.484. The molecule has 1 N–H and O–H groups in total. The third-order valence-corrected chi connectivity index (χ3v) is 7.91. The number of rotatable bonds is 12. The SMILES string of the molecule is COCC(COC)N(c1ccc(Oc2ccc(Cn3nccn3)cc2C(F)(F)F)c(C)c1C(=O)O)C(=O)[C@H]1CC[C@H](C)CC1. The standard InChI is InChI=1S/C31H37F3N4O6/c1-19-5-8-22(9-6-19)29(39)38(23(17-42-3)18-43-4)25-10-12-26(20(2)28(25)30(40)41)44-27-11-7-21(15-24(27)31(32,33)34)16-37-35-13-14-36-37/h7,10-15,19,22-23H,5-6,8-9,16-18H2,1-4H3,(H,40,41)/t19-,22-. The molecule has 2 aromatic carbocycles. The number of carbonyl (C=O) groups is 2. The third-order valence-electron chi connectivity index (χ3n) is 7.91. The number of nitrogens with zero attached hydrogens (tertiary/aromatic N) is 4. The lowest BCUT2D eigenvalue weighted by atomic mass is 9.82. The zero-order chi connectivity index (χ0) is 32.0. The minimum absolute atomic E-state index is 0.0150. The van der Waals surface area contributed by atoms with E-state index in [-0.39, 0.29) is 54.1 Å². The molecule has 0 spiro atoms. The molecule has 1 saturated carbocycles. The average Bonchev–Trinajstić information content (AvgIpc) is 3.48. The van der Waals surface area contributed by atoms with Crippen molar-refractivity contribution in [3.63, 3.8) is 0 Å². The molecule has 1 aliphatic rings. The molecule has 1 aromatic heterocycles. The normalized spacial score (nSPS) is 17.1. The first-order chi connectivity index (χ1) is 20.9. The van der Waals surface area contributed by atoms with Gasteiger partial charge >= 0.3 is 12.1 Å². The molecule has 10 nitrogen and oxygen atoms in total. The van der Waals surface area contributed by atoms with E-state index in [9.17, 15) is 27.9 Å². The van der Waals surface area contributed by atoms with Gasteiger partial charge in [0, 0.05) is 25.7 Å². The van der Waals surface area contributed by atoms with Gasteiger partial charge in [0.1, 0.15) is 11.5 Å². The van der Waals surface area contributed by atoms with Crippen LogP contribution >= 0.6 is 0 Å². The largest absolute Gasteiger partial charge is 0.478 e. The van der Waals surface area contributed by atoms with Crippen molar-refractivity contribution in [2.24, 2.45) is 11.8 Å². The summed E-state index contributed by atoms with van der Waals surface area (Å²) in [6, 6.07) is 5.74. The second kappa shape index (κ2) is 14.2. The molecule has 1 amide bonds. The van der Waals surface area contributed by atoms with E-state index >= 15 is 0 Å². The van der Waals surface area contributed by atoms with E-state index in [1.807, 2.05) is 0 Å². The van der Waals surface area contributed by atoms with Crippen LogP contribution in [0.3, 0.4) is 0 Å². The van der Waals surface area contributed by atoms with Crippen molar-refractivity contribution in [3.05, 3.63) is 65.0 Å². The van der Waals surface area contributed by atoms with Gasteiger partial charge in [-0.2, -0.15) is 28.2 Å². The van der Waals surface area contributed by atoms with E-state index in [2.05, 4.69) is 17.1 Å². The summed E-state index contributed by atoms with van der Waals surface area (Å²) in [5, 5.41) is 18.2. The van der Waals surface area contributed by atoms with Gasteiger partial charge in [-0.1, -0.05) is 13.0 Å². The van der Waals surface area contributed by atoms with Gasteiger partial charge in [-0.05, 0) is 68.4 Å². The highest BCUT2D eigenvalue weighted by atomic mass is 19.4. The number of carbonyl (C=O) groups excluding carboxylic acids is 1. The molecule has 0 unspecified atom stereocenters. The summed E-state index contributed by atoms with van der Waals surface area (Å²) in [5.74, 6) is -2.01. The number of aromatic nitrogens is 3. The van der Waals surface area contributed by atoms with Gasteiger partial charge in [-0.15, -0.1) is 0 Å². The number of hydrogen-bond acceptors (Lipinski definition) is 7. The number of alkyl halides is 3. The number of carboxylic acids is 1. The van der Waals surface area contributed by atoms with E-state index < -0.39 is 29.5 Å². The molecular formula is C31H37F3N4O6. The maximum atomic E-state index is 14.1. The molecule has 0 aliphatic heterocycles. The summed E-state index contributed by atoms with van der Waals surface area (Å²) in [5.41, 5.74) is -0.828. The molecule has 4 rings (SSSR count). The van der Waals surface area contributed by atoms with Crippen molar-refractivity contribution in [3.8, 4) is 11.5 Å². The van der Waals surface area contributed by atoms with Crippen LogP contribution in [-0.2, 0) is 27.0 Å². The molecule has 0 bridgehead atoms. The molecule has 1 fully saturated rings. The summed E-state index contributed by atoms with van der Waals surface area (Å²) in [6.07, 6.45) is 1.16. The quantitative estimate of drug-likeness (QED) is 0.264. The molecular weight excluding hydrogens is 581 g/mol. The number of carboxylic acid groups (broad SMARTS) is 1. The van der Waals surface area contributed by atoms with Crippen LogP contribution in [0.1, 0.15) is 59.7 Å². The van der Waals surface area contributed by atoms with Crippen LogP contribution in [0.5, 0.6) is 11.5 Å². The van der Waals surface area contributed by atoms with Crippen LogP contribution in [0.25, 0.3) is 0 Å². The lowest BCUT2D eigenvalue weighted by Crippen LogP contribution is -2.49. The van der Waals surface area contributed by atoms with Crippen molar-refractivity contribution in [2.75, 3.05) is 32.3 Å². The Kier molecular flexibility index (Phi) is 10.6. The Bertz CT molecular complexity index is 1430. The van der Waals surface area contributed by atoms with Crippen LogP contribution < -0.4 is 9.64 Å². The zero-order valence-corrected chi connectivity index (χ0v) is 25.1. The van der Waals surface area contributed by atoms with Gasteiger partial charge in [0.15, 0.2) is 0 Å². The smallest absolute Gasteiger partial charge is 0.419 e. The molecule has 13 heteroatoms. The Morgan fingerprint density at radius 1 is 1.02 bits per heavy atom. The number of halogens is 3. The van der Waals surface area contributed by atoms with Crippen LogP contribution in [-0.4, -0.2) is 65.5 Å². The number of aromatic carboxylic acids is 1. The zero-order valence-electron chi connectivity index (χ0n) is 25.1. The van der Waals surface area contributed by atoms with Crippen LogP contribution in [0.2, 0.25) is 0 Å². The molecule has 0 saturated heterocycles. The summed E-state index contributed by atoms with van der Waals surface area (Å²) in [6.45, 7) is 3.75. The number of amides is 1. The first-order valence-corrected chi connectivity index (χ1v) is 14.3. The molecule has 1 heterocycles. The van der Waals surface area contributed by atoms with Gasteiger partial charge < -0.3 is 24.2 Å². The molecule has 0 radical (unpaired) electrons. The summed E-state index contributed by atoms with van der Waals surface area (Å²) in [4.78, 5) is 29.4. The lowest BCUT2D eigenvalue weighted by Gasteiger charge is -2.37. The Morgan fingerprint density at radius 3 is 2.20 bits per heavy atom. The van der Waals surface area contributed by atoms with Crippen molar-refractivity contribution in [2.45, 2.75) is 58.3 Å². The maximum Gasteiger partial charge on any atom is 0.419 e. The molecule has 1 aliphatic carbocycles. The van der Waals surface area contributed by atoms with Crippen molar-refractivity contribution < 1.29 is 42.1 Å². The number of hydrogen-bond donors (Lipinski definition) is 1. The van der Waals surface area contributed by atoms with Crippen molar-refractivity contribution >= 4 is 17.6 Å². The van der Waals surface area contributed by atoms with Gasteiger partial charge in [0.05, 0.1) is 55.0 Å². The molecule has 3 aromatic rings. The Hall–Kier alpha value is -3.97. The second-order valence-electron chi connectivity index (χ2n) is 11.1. The highest BCUT2D eigenvalue weighted by molar-refractivity contribution is 6.04. The Labute approximate surface area is 253 Å². The van der Waals surface area contributed by atoms with Gasteiger partial charge in [0.25, 0.3) is 0 Å². The fourth-order valence-corrected chi connectivity index (χ4v) is 5.63. The van der Waals surface area contributed by atoms with Gasteiger partial charge in [0.2, 0.25) is 5.91 Å². The van der Waals surface area contributed by atoms with Crippen molar-refractivity contribution in [1.82, 2.24) is 15.0 Å². The van der Waals surface area contributed by atoms with E-state index in [1.165, 1.54) is 67.5 Å². The number of anilines is 1. The lowest BCUT2D eigenvalue weighted by molar-refractivity contribution is -0.138. The summed E-state index contributed by atoms with van der Waals surface area (Å²) < 4.78 is 58.9. The Morgan fingerprint density at radius 2 is 1.64 bits per heavy atom. The summed E-state index contributed by atoms with van der Waals surface area (Å²) in [7, 11) is 2.95.